The van der Waals surface area contributed by atoms with Crippen LogP contribution >= 0.6 is 0 Å². The molecule has 2 saturated heterocycles. The van der Waals surface area contributed by atoms with E-state index in [4.69, 9.17) is 0 Å². The van der Waals surface area contributed by atoms with Crippen LogP contribution in [0.15, 0.2) is 18.2 Å². The van der Waals surface area contributed by atoms with Gasteiger partial charge in [0.2, 0.25) is 0 Å². The molecule has 130 valence electrons. The van der Waals surface area contributed by atoms with Gasteiger partial charge in [-0.05, 0) is 31.9 Å². The van der Waals surface area contributed by atoms with E-state index in [1.165, 1.54) is 11.0 Å². The maximum absolute atomic E-state index is 12.7. The second-order valence-corrected chi connectivity index (χ2v) is 6.55. The summed E-state index contributed by atoms with van der Waals surface area (Å²) in [5.41, 5.74) is 1.10. The molecule has 2 aliphatic rings. The number of quaternary nitrogens is 1. The second kappa shape index (κ2) is 7.17. The van der Waals surface area contributed by atoms with Gasteiger partial charge in [0.05, 0.1) is 37.6 Å². The van der Waals surface area contributed by atoms with Gasteiger partial charge in [0, 0.05) is 24.7 Å². The summed E-state index contributed by atoms with van der Waals surface area (Å²) in [4.78, 5) is 29.1. The first-order chi connectivity index (χ1) is 11.6. The molecule has 0 spiro atoms. The quantitative estimate of drug-likeness (QED) is 0.645. The van der Waals surface area contributed by atoms with E-state index in [1.807, 2.05) is 9.80 Å². The van der Waals surface area contributed by atoms with Gasteiger partial charge >= 0.3 is 0 Å². The van der Waals surface area contributed by atoms with Crippen LogP contribution in [-0.2, 0) is 0 Å². The molecule has 2 heterocycles. The Balaban J connectivity index is 1.79. The first-order valence-electron chi connectivity index (χ1n) is 8.76. The SMILES string of the molecule is CC[NH+]1CCN(C(=O)c2ccc(N3CCCC3)c([N+](=O)[O-])c2)CC1. The average molecular weight is 333 g/mol. The largest absolute Gasteiger partial charge is 0.366 e. The molecule has 1 amide bonds. The fraction of sp³-hybridized carbons (Fsp3) is 0.588. The van der Waals surface area contributed by atoms with Crippen LogP contribution in [0, 0.1) is 10.1 Å². The van der Waals surface area contributed by atoms with Gasteiger partial charge in [-0.2, -0.15) is 0 Å². The summed E-state index contributed by atoms with van der Waals surface area (Å²) in [6.45, 7) is 8.21. The van der Waals surface area contributed by atoms with Crippen LogP contribution in [0.2, 0.25) is 0 Å². The third-order valence-electron chi connectivity index (χ3n) is 5.12. The Morgan fingerprint density at radius 2 is 1.88 bits per heavy atom. The summed E-state index contributed by atoms with van der Waals surface area (Å²) in [5.74, 6) is -0.0961. The van der Waals surface area contributed by atoms with E-state index in [-0.39, 0.29) is 16.5 Å². The van der Waals surface area contributed by atoms with Gasteiger partial charge in [-0.25, -0.2) is 0 Å². The zero-order valence-corrected chi connectivity index (χ0v) is 14.2. The number of hydrogen-bond acceptors (Lipinski definition) is 4. The van der Waals surface area contributed by atoms with Crippen LogP contribution in [0.1, 0.15) is 30.1 Å². The number of anilines is 1. The van der Waals surface area contributed by atoms with Gasteiger partial charge in [0.15, 0.2) is 0 Å². The number of nitro groups is 1. The van der Waals surface area contributed by atoms with Crippen molar-refractivity contribution in [2.75, 3.05) is 50.7 Å². The summed E-state index contributed by atoms with van der Waals surface area (Å²) in [6, 6.07) is 4.93. The second-order valence-electron chi connectivity index (χ2n) is 6.55. The molecule has 0 radical (unpaired) electrons. The highest BCUT2D eigenvalue weighted by Gasteiger charge is 2.27. The van der Waals surface area contributed by atoms with Crippen LogP contribution in [0.3, 0.4) is 0 Å². The van der Waals surface area contributed by atoms with Crippen molar-refractivity contribution in [2.24, 2.45) is 0 Å². The van der Waals surface area contributed by atoms with Gasteiger partial charge in [0.1, 0.15) is 5.69 Å². The highest BCUT2D eigenvalue weighted by atomic mass is 16.6. The number of amides is 1. The number of carbonyl (C=O) groups excluding carboxylic acids is 1. The maximum Gasteiger partial charge on any atom is 0.293 e. The van der Waals surface area contributed by atoms with Gasteiger partial charge in [-0.1, -0.05) is 0 Å². The van der Waals surface area contributed by atoms with Crippen LogP contribution in [-0.4, -0.2) is 61.5 Å². The topological polar surface area (TPSA) is 71.1 Å². The van der Waals surface area contributed by atoms with Gasteiger partial charge in [-0.3, -0.25) is 14.9 Å². The van der Waals surface area contributed by atoms with Crippen molar-refractivity contribution < 1.29 is 14.6 Å². The molecule has 0 aliphatic carbocycles. The number of benzene rings is 1. The van der Waals surface area contributed by atoms with Crippen LogP contribution in [0.25, 0.3) is 0 Å². The van der Waals surface area contributed by atoms with Crippen LogP contribution in [0.4, 0.5) is 11.4 Å². The van der Waals surface area contributed by atoms with E-state index in [9.17, 15) is 14.9 Å². The Morgan fingerprint density at radius 1 is 1.21 bits per heavy atom. The van der Waals surface area contributed by atoms with E-state index in [2.05, 4.69) is 6.92 Å². The van der Waals surface area contributed by atoms with Gasteiger partial charge in [0.25, 0.3) is 11.6 Å². The molecular weight excluding hydrogens is 308 g/mol. The Bertz CT molecular complexity index is 620. The van der Waals surface area contributed by atoms with Crippen molar-refractivity contribution in [3.8, 4) is 0 Å². The first kappa shape index (κ1) is 16.7. The molecule has 7 nitrogen and oxygen atoms in total. The van der Waals surface area contributed by atoms with Crippen molar-refractivity contribution in [1.82, 2.24) is 4.90 Å². The number of rotatable bonds is 4. The molecule has 2 fully saturated rings. The van der Waals surface area contributed by atoms with Crippen molar-refractivity contribution in [2.45, 2.75) is 19.8 Å². The predicted octanol–water partition coefficient (Wildman–Crippen LogP) is 0.556. The highest BCUT2D eigenvalue weighted by molar-refractivity contribution is 5.95. The summed E-state index contributed by atoms with van der Waals surface area (Å²) >= 11 is 0. The van der Waals surface area contributed by atoms with E-state index in [0.29, 0.717) is 24.3 Å². The van der Waals surface area contributed by atoms with Crippen molar-refractivity contribution in [1.29, 1.82) is 0 Å². The fourth-order valence-corrected chi connectivity index (χ4v) is 3.59. The van der Waals surface area contributed by atoms with Crippen LogP contribution < -0.4 is 9.80 Å². The van der Waals surface area contributed by atoms with E-state index in [1.54, 1.807) is 12.1 Å². The molecule has 1 aromatic rings. The van der Waals surface area contributed by atoms with Crippen molar-refractivity contribution >= 4 is 17.3 Å². The Kier molecular flexibility index (Phi) is 4.99. The zero-order valence-electron chi connectivity index (χ0n) is 14.2. The van der Waals surface area contributed by atoms with E-state index >= 15 is 0 Å². The Morgan fingerprint density at radius 3 is 2.46 bits per heavy atom. The van der Waals surface area contributed by atoms with Gasteiger partial charge in [-0.15, -0.1) is 0 Å². The summed E-state index contributed by atoms with van der Waals surface area (Å²) in [6.07, 6.45) is 2.11. The van der Waals surface area contributed by atoms with Gasteiger partial charge < -0.3 is 14.7 Å². The minimum atomic E-state index is -0.371. The third kappa shape index (κ3) is 3.36. The summed E-state index contributed by atoms with van der Waals surface area (Å²) in [5, 5.41) is 11.5. The molecule has 7 heteroatoms. The third-order valence-corrected chi connectivity index (χ3v) is 5.12. The number of hydrogen-bond donors (Lipinski definition) is 1. The highest BCUT2D eigenvalue weighted by Crippen LogP contribution is 2.32. The van der Waals surface area contributed by atoms with Crippen molar-refractivity contribution in [3.63, 3.8) is 0 Å². The molecular formula is C17H25N4O3+. The zero-order chi connectivity index (χ0) is 17.1. The summed E-state index contributed by atoms with van der Waals surface area (Å²) < 4.78 is 0. The summed E-state index contributed by atoms with van der Waals surface area (Å²) in [7, 11) is 0. The first-order valence-corrected chi connectivity index (χ1v) is 8.76. The number of nitrogens with one attached hydrogen (secondary N) is 1. The Labute approximate surface area is 142 Å². The maximum atomic E-state index is 12.7. The lowest BCUT2D eigenvalue weighted by molar-refractivity contribution is -0.902. The molecule has 0 saturated carbocycles. The lowest BCUT2D eigenvalue weighted by Gasteiger charge is -2.31. The molecule has 0 aromatic heterocycles. The minimum absolute atomic E-state index is 0.0422. The standard InChI is InChI=1S/C17H24N4O3/c1-2-18-9-11-20(12-10-18)17(22)14-5-6-15(16(13-14)21(23)24)19-7-3-4-8-19/h5-6,13H,2-4,7-12H2,1H3/p+1. The molecule has 0 atom stereocenters. The predicted molar refractivity (Wildman–Crippen MR) is 91.7 cm³/mol. The average Bonchev–Trinajstić information content (AvgIpc) is 3.15. The van der Waals surface area contributed by atoms with E-state index in [0.717, 1.165) is 45.6 Å². The fourth-order valence-electron chi connectivity index (χ4n) is 3.59. The number of piperazine rings is 1. The number of carbonyl (C=O) groups is 1. The smallest absolute Gasteiger partial charge is 0.293 e. The lowest BCUT2D eigenvalue weighted by Crippen LogP contribution is -3.14. The lowest BCUT2D eigenvalue weighted by atomic mass is 10.1. The number of nitro benzene ring substituents is 1. The molecule has 0 bridgehead atoms. The molecule has 1 N–H and O–H groups in total. The normalized spacial score (nSPS) is 18.9. The molecule has 1 aromatic carbocycles. The van der Waals surface area contributed by atoms with Crippen LogP contribution in [0.5, 0.6) is 0 Å². The van der Waals surface area contributed by atoms with Crippen molar-refractivity contribution in [3.05, 3.63) is 33.9 Å². The number of likely N-dealkylation sites (N-methyl/N-ethyl adjacent to an activating group) is 1. The number of nitrogens with zero attached hydrogens (tertiary/aromatic N) is 3. The Hall–Kier alpha value is -2.15. The molecule has 24 heavy (non-hydrogen) atoms. The molecule has 3 rings (SSSR count). The minimum Gasteiger partial charge on any atom is -0.366 e. The molecule has 2 aliphatic heterocycles. The molecule has 0 unspecified atom stereocenters. The van der Waals surface area contributed by atoms with E-state index < -0.39 is 0 Å². The monoisotopic (exact) mass is 333 g/mol.